The van der Waals surface area contributed by atoms with Gasteiger partial charge in [0.1, 0.15) is 5.75 Å². The Morgan fingerprint density at radius 3 is 2.60 bits per heavy atom. The summed E-state index contributed by atoms with van der Waals surface area (Å²) in [5.74, 6) is 1.06. The molecule has 0 radical (unpaired) electrons. The Kier molecular flexibility index (Phi) is 4.34. The maximum absolute atomic E-state index is 5.57. The van der Waals surface area contributed by atoms with Crippen LogP contribution in [-0.2, 0) is 12.8 Å². The van der Waals surface area contributed by atoms with Gasteiger partial charge in [-0.05, 0) is 49.6 Å². The fourth-order valence-corrected chi connectivity index (χ4v) is 4.05. The zero-order chi connectivity index (χ0) is 14.1. The number of likely N-dealkylation sites (N-methyl/N-ethyl adjacent to an activating group) is 1. The highest BCUT2D eigenvalue weighted by molar-refractivity contribution is 9.10. The molecule has 20 heavy (non-hydrogen) atoms. The van der Waals surface area contributed by atoms with Gasteiger partial charge in [0, 0.05) is 36.7 Å². The van der Waals surface area contributed by atoms with Crippen LogP contribution in [0.2, 0.25) is 0 Å². The van der Waals surface area contributed by atoms with Crippen LogP contribution in [0.15, 0.2) is 16.6 Å². The van der Waals surface area contributed by atoms with E-state index in [9.17, 15) is 0 Å². The van der Waals surface area contributed by atoms with Crippen molar-refractivity contribution in [3.8, 4) is 5.75 Å². The molecule has 1 unspecified atom stereocenters. The summed E-state index contributed by atoms with van der Waals surface area (Å²) in [6.45, 7) is 4.79. The molecule has 0 spiro atoms. The molecule has 110 valence electrons. The lowest BCUT2D eigenvalue weighted by Crippen LogP contribution is -2.50. The second kappa shape index (κ2) is 6.04. The zero-order valence-electron chi connectivity index (χ0n) is 12.4. The Morgan fingerprint density at radius 1 is 1.15 bits per heavy atom. The molecule has 1 atom stereocenters. The number of hydrogen-bond acceptors (Lipinski definition) is 3. The van der Waals surface area contributed by atoms with E-state index in [4.69, 9.17) is 4.74 Å². The van der Waals surface area contributed by atoms with Crippen LogP contribution in [0, 0.1) is 0 Å². The molecule has 4 heteroatoms. The number of fused-ring (bicyclic) bond motifs is 1. The summed E-state index contributed by atoms with van der Waals surface area (Å²) in [7, 11) is 4.00. The maximum atomic E-state index is 5.57. The molecule has 1 saturated heterocycles. The highest BCUT2D eigenvalue weighted by atomic mass is 79.9. The van der Waals surface area contributed by atoms with Crippen molar-refractivity contribution < 1.29 is 4.74 Å². The van der Waals surface area contributed by atoms with Gasteiger partial charge in [0.2, 0.25) is 0 Å². The van der Waals surface area contributed by atoms with Gasteiger partial charge in [0.25, 0.3) is 0 Å². The predicted octanol–water partition coefficient (Wildman–Crippen LogP) is 2.56. The lowest BCUT2D eigenvalue weighted by molar-refractivity contribution is 0.103. The number of piperazine rings is 1. The van der Waals surface area contributed by atoms with Crippen molar-refractivity contribution in [2.45, 2.75) is 25.3 Å². The molecule has 1 aromatic carbocycles. The third kappa shape index (κ3) is 2.74. The van der Waals surface area contributed by atoms with Crippen LogP contribution in [0.3, 0.4) is 0 Å². The van der Waals surface area contributed by atoms with Crippen LogP contribution in [0.5, 0.6) is 5.75 Å². The zero-order valence-corrected chi connectivity index (χ0v) is 13.9. The SMILES string of the molecule is COc1ccc(Br)c2c1CC(N1CCN(C)CC1)CC2. The lowest BCUT2D eigenvalue weighted by Gasteiger charge is -2.40. The number of halogens is 1. The smallest absolute Gasteiger partial charge is 0.122 e. The number of benzene rings is 1. The normalized spacial score (nSPS) is 24.4. The van der Waals surface area contributed by atoms with E-state index in [1.165, 1.54) is 48.2 Å². The highest BCUT2D eigenvalue weighted by Gasteiger charge is 2.28. The van der Waals surface area contributed by atoms with Crippen LogP contribution in [0.25, 0.3) is 0 Å². The van der Waals surface area contributed by atoms with Crippen LogP contribution < -0.4 is 4.74 Å². The largest absolute Gasteiger partial charge is 0.496 e. The van der Waals surface area contributed by atoms with E-state index in [1.807, 2.05) is 0 Å². The van der Waals surface area contributed by atoms with E-state index in [0.717, 1.165) is 18.6 Å². The first-order valence-electron chi connectivity index (χ1n) is 7.46. The molecule has 1 aliphatic carbocycles. The van der Waals surface area contributed by atoms with E-state index in [1.54, 1.807) is 7.11 Å². The lowest BCUT2D eigenvalue weighted by atomic mass is 9.86. The Hall–Kier alpha value is -0.580. The number of ether oxygens (including phenoxy) is 1. The average Bonchev–Trinajstić information content (AvgIpc) is 2.48. The Labute approximate surface area is 130 Å². The Morgan fingerprint density at radius 2 is 1.90 bits per heavy atom. The highest BCUT2D eigenvalue weighted by Crippen LogP contribution is 2.36. The van der Waals surface area contributed by atoms with Crippen molar-refractivity contribution in [2.24, 2.45) is 0 Å². The molecular weight excluding hydrogens is 316 g/mol. The first kappa shape index (κ1) is 14.4. The van der Waals surface area contributed by atoms with Crippen molar-refractivity contribution in [3.05, 3.63) is 27.7 Å². The third-order valence-corrected chi connectivity index (χ3v) is 5.52. The van der Waals surface area contributed by atoms with Gasteiger partial charge < -0.3 is 9.64 Å². The van der Waals surface area contributed by atoms with E-state index >= 15 is 0 Å². The van der Waals surface area contributed by atoms with Gasteiger partial charge in [-0.3, -0.25) is 4.90 Å². The van der Waals surface area contributed by atoms with Crippen LogP contribution in [-0.4, -0.2) is 56.2 Å². The van der Waals surface area contributed by atoms with Crippen LogP contribution >= 0.6 is 15.9 Å². The van der Waals surface area contributed by atoms with E-state index in [-0.39, 0.29) is 0 Å². The molecule has 3 rings (SSSR count). The van der Waals surface area contributed by atoms with Gasteiger partial charge in [-0.2, -0.15) is 0 Å². The van der Waals surface area contributed by atoms with Crippen LogP contribution in [0.1, 0.15) is 17.5 Å². The average molecular weight is 339 g/mol. The van der Waals surface area contributed by atoms with Crippen molar-refractivity contribution in [1.82, 2.24) is 9.80 Å². The molecule has 0 saturated carbocycles. The first-order chi connectivity index (χ1) is 9.69. The summed E-state index contributed by atoms with van der Waals surface area (Å²) < 4.78 is 6.81. The standard InChI is InChI=1S/C16H23BrN2O/c1-18-7-9-19(10-8-18)12-3-4-13-14(11-12)16(20-2)6-5-15(13)17/h5-6,12H,3-4,7-11H2,1-2H3. The quantitative estimate of drug-likeness (QED) is 0.824. The second-order valence-electron chi connectivity index (χ2n) is 5.94. The number of hydrogen-bond donors (Lipinski definition) is 0. The fourth-order valence-electron chi connectivity index (χ4n) is 3.48. The van der Waals surface area contributed by atoms with Crippen molar-refractivity contribution in [1.29, 1.82) is 0 Å². The number of methoxy groups -OCH3 is 1. The maximum Gasteiger partial charge on any atom is 0.122 e. The van der Waals surface area contributed by atoms with Gasteiger partial charge in [-0.1, -0.05) is 15.9 Å². The first-order valence-corrected chi connectivity index (χ1v) is 8.25. The topological polar surface area (TPSA) is 15.7 Å². The minimum atomic E-state index is 0.680. The number of rotatable bonds is 2. The van der Waals surface area contributed by atoms with E-state index < -0.39 is 0 Å². The van der Waals surface area contributed by atoms with E-state index in [0.29, 0.717) is 6.04 Å². The van der Waals surface area contributed by atoms with Crippen LogP contribution in [0.4, 0.5) is 0 Å². The monoisotopic (exact) mass is 338 g/mol. The summed E-state index contributed by atoms with van der Waals surface area (Å²) in [6, 6.07) is 4.89. The fraction of sp³-hybridized carbons (Fsp3) is 0.625. The molecule has 2 aliphatic rings. The second-order valence-corrected chi connectivity index (χ2v) is 6.80. The molecule has 1 aromatic rings. The molecule has 0 amide bonds. The molecule has 3 nitrogen and oxygen atoms in total. The summed E-state index contributed by atoms with van der Waals surface area (Å²) >= 11 is 3.69. The van der Waals surface area contributed by atoms with Crippen molar-refractivity contribution in [3.63, 3.8) is 0 Å². The molecule has 0 bridgehead atoms. The molecule has 0 aromatic heterocycles. The van der Waals surface area contributed by atoms with Crippen molar-refractivity contribution >= 4 is 15.9 Å². The summed E-state index contributed by atoms with van der Waals surface area (Å²) in [5.41, 5.74) is 2.87. The van der Waals surface area contributed by atoms with Gasteiger partial charge in [-0.15, -0.1) is 0 Å². The molecule has 1 aliphatic heterocycles. The van der Waals surface area contributed by atoms with E-state index in [2.05, 4.69) is 44.9 Å². The van der Waals surface area contributed by atoms with Crippen molar-refractivity contribution in [2.75, 3.05) is 40.3 Å². The minimum Gasteiger partial charge on any atom is -0.496 e. The molecule has 0 N–H and O–H groups in total. The molecular formula is C16H23BrN2O. The minimum absolute atomic E-state index is 0.680. The number of nitrogens with zero attached hydrogens (tertiary/aromatic N) is 2. The third-order valence-electron chi connectivity index (χ3n) is 4.77. The van der Waals surface area contributed by atoms with Gasteiger partial charge in [0.15, 0.2) is 0 Å². The summed E-state index contributed by atoms with van der Waals surface area (Å²) in [4.78, 5) is 5.09. The predicted molar refractivity (Wildman–Crippen MR) is 85.6 cm³/mol. The van der Waals surface area contributed by atoms with Gasteiger partial charge >= 0.3 is 0 Å². The van der Waals surface area contributed by atoms with Gasteiger partial charge in [0.05, 0.1) is 7.11 Å². The molecule has 1 heterocycles. The summed E-state index contributed by atoms with van der Waals surface area (Å²) in [5, 5.41) is 0. The molecule has 1 fully saturated rings. The summed E-state index contributed by atoms with van der Waals surface area (Å²) in [6.07, 6.45) is 3.55. The Balaban J connectivity index is 1.79. The Bertz CT molecular complexity index is 484. The van der Waals surface area contributed by atoms with Gasteiger partial charge in [-0.25, -0.2) is 0 Å².